The molecule has 0 atom stereocenters. The summed E-state index contributed by atoms with van der Waals surface area (Å²) in [4.78, 5) is 6.96. The number of aromatic nitrogens is 2. The second-order valence-electron chi connectivity index (χ2n) is 5.77. The molecule has 0 aliphatic carbocycles. The smallest absolute Gasteiger partial charge is 0.140 e. The number of fused-ring (bicyclic) bond motifs is 2. The number of rotatable bonds is 2. The van der Waals surface area contributed by atoms with Crippen molar-refractivity contribution in [1.82, 2.24) is 14.5 Å². The first kappa shape index (κ1) is 13.1. The average molecular weight is 288 g/mol. The summed E-state index contributed by atoms with van der Waals surface area (Å²) in [6.45, 7) is 2.18. The van der Waals surface area contributed by atoms with Gasteiger partial charge in [0.2, 0.25) is 0 Å². The van der Waals surface area contributed by atoms with Gasteiger partial charge in [0.25, 0.3) is 0 Å². The van der Waals surface area contributed by atoms with Crippen LogP contribution in [0.3, 0.4) is 0 Å². The molecule has 4 nitrogen and oxygen atoms in total. The summed E-state index contributed by atoms with van der Waals surface area (Å²) in [5.74, 6) is 0.994. The van der Waals surface area contributed by atoms with E-state index < -0.39 is 0 Å². The lowest BCUT2D eigenvalue weighted by molar-refractivity contribution is 0.320. The maximum absolute atomic E-state index is 8.85. The van der Waals surface area contributed by atoms with E-state index in [9.17, 15) is 0 Å². The van der Waals surface area contributed by atoms with Crippen LogP contribution in [0.5, 0.6) is 0 Å². The molecule has 1 aromatic heterocycles. The Kier molecular flexibility index (Phi) is 2.95. The van der Waals surface area contributed by atoms with Crippen LogP contribution in [0.2, 0.25) is 0 Å². The Morgan fingerprint density at radius 3 is 2.59 bits per heavy atom. The van der Waals surface area contributed by atoms with Crippen molar-refractivity contribution in [1.29, 1.82) is 5.26 Å². The summed E-state index contributed by atoms with van der Waals surface area (Å²) in [5, 5.41) is 8.85. The van der Waals surface area contributed by atoms with Crippen LogP contribution < -0.4 is 0 Å². The minimum Gasteiger partial charge on any atom is -0.327 e. The number of nitriles is 1. The first-order chi connectivity index (χ1) is 10.8. The van der Waals surface area contributed by atoms with Gasteiger partial charge in [-0.15, -0.1) is 0 Å². The maximum Gasteiger partial charge on any atom is 0.140 e. The number of hydrogen-bond acceptors (Lipinski definition) is 3. The molecule has 3 aromatic rings. The summed E-state index contributed by atoms with van der Waals surface area (Å²) >= 11 is 0. The third kappa shape index (κ3) is 1.99. The molecule has 0 bridgehead atoms. The van der Waals surface area contributed by atoms with Gasteiger partial charge in [0.05, 0.1) is 23.6 Å². The zero-order valence-electron chi connectivity index (χ0n) is 12.5. The van der Waals surface area contributed by atoms with Gasteiger partial charge in [0.1, 0.15) is 5.82 Å². The summed E-state index contributed by atoms with van der Waals surface area (Å²) in [7, 11) is 2.06. The lowest BCUT2D eigenvalue weighted by atomic mass is 10.1. The topological polar surface area (TPSA) is 44.9 Å². The highest BCUT2D eigenvalue weighted by Gasteiger charge is 2.21. The van der Waals surface area contributed by atoms with Crippen molar-refractivity contribution in [2.45, 2.75) is 13.1 Å². The van der Waals surface area contributed by atoms with Crippen LogP contribution in [-0.4, -0.2) is 21.0 Å². The molecule has 2 aromatic carbocycles. The van der Waals surface area contributed by atoms with Gasteiger partial charge in [-0.25, -0.2) is 4.98 Å². The number of hydrogen-bond donors (Lipinski definition) is 0. The lowest BCUT2D eigenvalue weighted by Gasteiger charge is -2.07. The SMILES string of the molecule is Cn1c(-c2ccccc2)nc2cc3c(cc21)CN(CC#N)C3. The van der Waals surface area contributed by atoms with Crippen molar-refractivity contribution < 1.29 is 0 Å². The minimum absolute atomic E-state index is 0.480. The van der Waals surface area contributed by atoms with E-state index in [1.807, 2.05) is 18.2 Å². The molecule has 0 fully saturated rings. The molecule has 0 saturated heterocycles. The van der Waals surface area contributed by atoms with Crippen LogP contribution in [0.1, 0.15) is 11.1 Å². The second kappa shape index (κ2) is 4.97. The Bertz CT molecular complexity index is 887. The van der Waals surface area contributed by atoms with Crippen molar-refractivity contribution in [3.8, 4) is 17.5 Å². The van der Waals surface area contributed by atoms with Gasteiger partial charge in [-0.3, -0.25) is 4.90 Å². The molecule has 1 aliphatic heterocycles. The van der Waals surface area contributed by atoms with Crippen molar-refractivity contribution in [3.63, 3.8) is 0 Å². The van der Waals surface area contributed by atoms with E-state index in [0.717, 1.165) is 35.5 Å². The fourth-order valence-corrected chi connectivity index (χ4v) is 3.21. The van der Waals surface area contributed by atoms with Crippen LogP contribution in [0.25, 0.3) is 22.4 Å². The molecule has 4 rings (SSSR count). The number of nitrogens with zero attached hydrogens (tertiary/aromatic N) is 4. The Labute approximate surface area is 129 Å². The molecule has 22 heavy (non-hydrogen) atoms. The molecule has 0 radical (unpaired) electrons. The lowest BCUT2D eigenvalue weighted by Crippen LogP contribution is -2.15. The van der Waals surface area contributed by atoms with Gasteiger partial charge in [0.15, 0.2) is 0 Å². The normalized spacial score (nSPS) is 14.2. The molecule has 0 spiro atoms. The van der Waals surface area contributed by atoms with Crippen LogP contribution >= 0.6 is 0 Å². The average Bonchev–Trinajstić information content (AvgIpc) is 3.07. The predicted molar refractivity (Wildman–Crippen MR) is 85.9 cm³/mol. The van der Waals surface area contributed by atoms with Crippen LogP contribution in [0.15, 0.2) is 42.5 Å². The van der Waals surface area contributed by atoms with Gasteiger partial charge in [-0.1, -0.05) is 30.3 Å². The highest BCUT2D eigenvalue weighted by Crippen LogP contribution is 2.30. The third-order valence-electron chi connectivity index (χ3n) is 4.32. The molecular formula is C18H16N4. The molecular weight excluding hydrogens is 272 g/mol. The van der Waals surface area contributed by atoms with E-state index in [1.165, 1.54) is 11.1 Å². The highest BCUT2D eigenvalue weighted by atomic mass is 15.1. The Morgan fingerprint density at radius 2 is 1.86 bits per heavy atom. The fourth-order valence-electron chi connectivity index (χ4n) is 3.21. The van der Waals surface area contributed by atoms with E-state index in [4.69, 9.17) is 10.2 Å². The third-order valence-corrected chi connectivity index (χ3v) is 4.32. The monoisotopic (exact) mass is 288 g/mol. The Morgan fingerprint density at radius 1 is 1.14 bits per heavy atom. The minimum atomic E-state index is 0.480. The van der Waals surface area contributed by atoms with E-state index >= 15 is 0 Å². The molecule has 2 heterocycles. The van der Waals surface area contributed by atoms with Crippen LogP contribution in [-0.2, 0) is 20.1 Å². The molecule has 0 saturated carbocycles. The van der Waals surface area contributed by atoms with E-state index in [2.05, 4.69) is 46.8 Å². The number of aryl methyl sites for hydroxylation is 1. The standard InChI is InChI=1S/C18H16N4/c1-21-17-10-15-12-22(8-7-19)11-14(15)9-16(17)20-18(21)13-5-3-2-4-6-13/h2-6,9-10H,8,11-12H2,1H3. The summed E-state index contributed by atoms with van der Waals surface area (Å²) in [6, 6.07) is 16.9. The molecule has 0 amide bonds. The Balaban J connectivity index is 1.81. The van der Waals surface area contributed by atoms with Crippen molar-refractivity contribution in [2.24, 2.45) is 7.05 Å². The Hall–Kier alpha value is -2.64. The number of imidazole rings is 1. The van der Waals surface area contributed by atoms with Crippen molar-refractivity contribution in [2.75, 3.05) is 6.54 Å². The van der Waals surface area contributed by atoms with Gasteiger partial charge in [-0.2, -0.15) is 5.26 Å². The summed E-state index contributed by atoms with van der Waals surface area (Å²) < 4.78 is 2.15. The zero-order chi connectivity index (χ0) is 15.1. The van der Waals surface area contributed by atoms with Gasteiger partial charge in [-0.05, 0) is 23.3 Å². The fraction of sp³-hybridized carbons (Fsp3) is 0.222. The predicted octanol–water partition coefficient (Wildman–Crippen LogP) is 3.08. The molecule has 0 unspecified atom stereocenters. The van der Waals surface area contributed by atoms with Crippen molar-refractivity contribution >= 4 is 11.0 Å². The largest absolute Gasteiger partial charge is 0.327 e. The second-order valence-corrected chi connectivity index (χ2v) is 5.77. The van der Waals surface area contributed by atoms with Gasteiger partial charge < -0.3 is 4.57 Å². The molecule has 4 heteroatoms. The summed E-state index contributed by atoms with van der Waals surface area (Å²) in [5.41, 5.74) is 5.91. The van der Waals surface area contributed by atoms with Gasteiger partial charge in [0, 0.05) is 25.7 Å². The first-order valence-electron chi connectivity index (χ1n) is 7.39. The van der Waals surface area contributed by atoms with Crippen molar-refractivity contribution in [3.05, 3.63) is 53.6 Å². The molecule has 108 valence electrons. The van der Waals surface area contributed by atoms with Gasteiger partial charge >= 0.3 is 0 Å². The zero-order valence-corrected chi connectivity index (χ0v) is 12.5. The van der Waals surface area contributed by atoms with E-state index in [1.54, 1.807) is 0 Å². The molecule has 1 aliphatic rings. The van der Waals surface area contributed by atoms with E-state index in [0.29, 0.717) is 6.54 Å². The maximum atomic E-state index is 8.85. The van der Waals surface area contributed by atoms with E-state index in [-0.39, 0.29) is 0 Å². The molecule has 0 N–H and O–H groups in total. The number of benzene rings is 2. The van der Waals surface area contributed by atoms with Crippen LogP contribution in [0, 0.1) is 11.3 Å². The summed E-state index contributed by atoms with van der Waals surface area (Å²) in [6.07, 6.45) is 0. The quantitative estimate of drug-likeness (QED) is 0.681. The van der Waals surface area contributed by atoms with Crippen LogP contribution in [0.4, 0.5) is 0 Å². The first-order valence-corrected chi connectivity index (χ1v) is 7.39. The highest BCUT2D eigenvalue weighted by molar-refractivity contribution is 5.82.